The van der Waals surface area contributed by atoms with Crippen LogP contribution >= 0.6 is 31.9 Å². The van der Waals surface area contributed by atoms with Gasteiger partial charge in [-0.2, -0.15) is 0 Å². The van der Waals surface area contributed by atoms with E-state index in [4.69, 9.17) is 0 Å². The van der Waals surface area contributed by atoms with Gasteiger partial charge in [0.15, 0.2) is 13.5 Å². The lowest BCUT2D eigenvalue weighted by molar-refractivity contribution is 0.583. The van der Waals surface area contributed by atoms with Crippen LogP contribution in [0.25, 0.3) is 0 Å². The van der Waals surface area contributed by atoms with Crippen molar-refractivity contribution in [3.05, 3.63) is 24.3 Å². The molecule has 0 saturated heterocycles. The minimum atomic E-state index is -3.17. The van der Waals surface area contributed by atoms with Crippen molar-refractivity contribution in [1.29, 1.82) is 0 Å². The van der Waals surface area contributed by atoms with Crippen LogP contribution in [-0.2, 0) is 9.84 Å². The Bertz CT molecular complexity index is 429. The molecule has 13 heavy (non-hydrogen) atoms. The maximum absolute atomic E-state index is 12.1. The molecule has 0 aromatic heterocycles. The maximum atomic E-state index is 12.1. The molecule has 0 unspecified atom stereocenters. The van der Waals surface area contributed by atoms with Gasteiger partial charge < -0.3 is 0 Å². The van der Waals surface area contributed by atoms with E-state index in [-0.39, 0.29) is 11.8 Å². The minimum absolute atomic E-state index is 0.127. The van der Waals surface area contributed by atoms with E-state index in [9.17, 15) is 8.42 Å². The zero-order valence-electron chi connectivity index (χ0n) is 6.44. The van der Waals surface area contributed by atoms with Crippen molar-refractivity contribution in [3.63, 3.8) is 0 Å². The number of alkyl halides is 2. The van der Waals surface area contributed by atoms with E-state index in [1.54, 1.807) is 12.2 Å². The molecule has 70 valence electrons. The molecule has 3 aliphatic rings. The van der Waals surface area contributed by atoms with Gasteiger partial charge in [0.1, 0.15) is 3.66 Å². The number of sulfone groups is 1. The molecule has 0 aromatic rings. The molecule has 1 fully saturated rings. The Morgan fingerprint density at radius 2 is 1.54 bits per heavy atom. The van der Waals surface area contributed by atoms with E-state index in [2.05, 4.69) is 31.9 Å². The van der Waals surface area contributed by atoms with Crippen LogP contribution in [-0.4, -0.2) is 15.7 Å². The Labute approximate surface area is 93.3 Å². The molecule has 2 nitrogen and oxygen atoms in total. The summed E-state index contributed by atoms with van der Waals surface area (Å²) in [5.74, 6) is 0.254. The predicted molar refractivity (Wildman–Crippen MR) is 57.5 cm³/mol. The molecule has 5 heteroatoms. The smallest absolute Gasteiger partial charge is 0.190 e. The summed E-state index contributed by atoms with van der Waals surface area (Å²) in [5.41, 5.74) is 0. The van der Waals surface area contributed by atoms with E-state index >= 15 is 0 Å². The second kappa shape index (κ2) is 1.99. The fourth-order valence-corrected chi connectivity index (χ4v) is 7.59. The van der Waals surface area contributed by atoms with Gasteiger partial charge in [-0.25, -0.2) is 8.42 Å². The highest BCUT2D eigenvalue weighted by atomic mass is 79.9. The average molecular weight is 326 g/mol. The quantitative estimate of drug-likeness (QED) is 0.504. The number of fused-ring (bicyclic) bond motifs is 2. The summed E-state index contributed by atoms with van der Waals surface area (Å²) in [6.45, 7) is 0. The number of hydrogen-bond acceptors (Lipinski definition) is 2. The predicted octanol–water partition coefficient (Wildman–Crippen LogP) is 1.97. The SMILES string of the molecule is O=S1(=O)C2(Br)C=C[C@H]3[C@H](C=C2)C31Br. The zero-order chi connectivity index (χ0) is 9.48. The largest absolute Gasteiger partial charge is 0.225 e. The molecule has 1 saturated carbocycles. The maximum Gasteiger partial charge on any atom is 0.190 e. The van der Waals surface area contributed by atoms with Crippen molar-refractivity contribution in [2.24, 2.45) is 11.8 Å². The highest BCUT2D eigenvalue weighted by molar-refractivity contribution is 9.14. The highest BCUT2D eigenvalue weighted by Crippen LogP contribution is 2.70. The molecule has 3 rings (SSSR count). The number of rotatable bonds is 0. The lowest BCUT2D eigenvalue weighted by Gasteiger charge is -2.29. The fourth-order valence-electron chi connectivity index (χ4n) is 2.19. The molecular formula is C8H6Br2O2S. The number of allylic oxidation sites excluding steroid dienone is 2. The Hall–Kier alpha value is 0.390. The van der Waals surface area contributed by atoms with Crippen LogP contribution in [0, 0.1) is 11.8 Å². The lowest BCUT2D eigenvalue weighted by Crippen LogP contribution is -2.40. The van der Waals surface area contributed by atoms with Gasteiger partial charge >= 0.3 is 0 Å². The molecule has 2 atom stereocenters. The summed E-state index contributed by atoms with van der Waals surface area (Å²) in [7, 11) is -3.17. The first kappa shape index (κ1) is 8.68. The van der Waals surface area contributed by atoms with E-state index < -0.39 is 17.1 Å². The van der Waals surface area contributed by atoms with Crippen LogP contribution in [0.5, 0.6) is 0 Å². The van der Waals surface area contributed by atoms with Crippen LogP contribution in [0.2, 0.25) is 0 Å². The third-order valence-corrected chi connectivity index (χ3v) is 9.68. The molecule has 0 radical (unpaired) electrons. The summed E-state index contributed by atoms with van der Waals surface area (Å²) in [5, 5.41) is 0. The second-order valence-electron chi connectivity index (χ2n) is 3.67. The first-order valence-electron chi connectivity index (χ1n) is 3.94. The van der Waals surface area contributed by atoms with Crippen molar-refractivity contribution in [1.82, 2.24) is 0 Å². The van der Waals surface area contributed by atoms with Crippen molar-refractivity contribution >= 4 is 41.7 Å². The molecule has 0 spiro atoms. The zero-order valence-corrected chi connectivity index (χ0v) is 10.4. The average Bonchev–Trinajstić information content (AvgIpc) is 2.68. The molecular weight excluding hydrogens is 320 g/mol. The number of halogens is 2. The van der Waals surface area contributed by atoms with Crippen molar-refractivity contribution < 1.29 is 8.42 Å². The first-order chi connectivity index (χ1) is 5.93. The summed E-state index contributed by atoms with van der Waals surface area (Å²) in [4.78, 5) is 0. The topological polar surface area (TPSA) is 34.1 Å². The van der Waals surface area contributed by atoms with Gasteiger partial charge in [-0.1, -0.05) is 56.2 Å². The van der Waals surface area contributed by atoms with Crippen LogP contribution < -0.4 is 0 Å². The van der Waals surface area contributed by atoms with Gasteiger partial charge in [-0.05, 0) is 0 Å². The van der Waals surface area contributed by atoms with Gasteiger partial charge in [0.2, 0.25) is 0 Å². The Kier molecular flexibility index (Phi) is 1.33. The summed E-state index contributed by atoms with van der Waals surface area (Å²) < 4.78 is 22.4. The van der Waals surface area contributed by atoms with E-state index in [1.807, 2.05) is 12.2 Å². The van der Waals surface area contributed by atoms with Gasteiger partial charge in [0.25, 0.3) is 0 Å². The molecule has 0 N–H and O–H groups in total. The van der Waals surface area contributed by atoms with Crippen LogP contribution in [0.1, 0.15) is 0 Å². The third kappa shape index (κ3) is 0.679. The summed E-state index contributed by atoms with van der Waals surface area (Å²) >= 11 is 6.62. The van der Waals surface area contributed by atoms with Gasteiger partial charge in [-0.3, -0.25) is 0 Å². The second-order valence-corrected chi connectivity index (χ2v) is 9.70. The van der Waals surface area contributed by atoms with Gasteiger partial charge in [0, 0.05) is 11.8 Å². The minimum Gasteiger partial charge on any atom is -0.225 e. The van der Waals surface area contributed by atoms with Crippen molar-refractivity contribution in [2.45, 2.75) is 7.31 Å². The Morgan fingerprint density at radius 3 is 1.92 bits per heavy atom. The molecule has 0 amide bonds. The van der Waals surface area contributed by atoms with Crippen LogP contribution in [0.4, 0.5) is 0 Å². The van der Waals surface area contributed by atoms with Crippen LogP contribution in [0.3, 0.4) is 0 Å². The summed E-state index contributed by atoms with van der Waals surface area (Å²) in [6.07, 6.45) is 7.43. The molecule has 2 bridgehead atoms. The Morgan fingerprint density at radius 1 is 1.08 bits per heavy atom. The molecule has 2 heterocycles. The van der Waals surface area contributed by atoms with Gasteiger partial charge in [0.05, 0.1) is 0 Å². The molecule has 2 aliphatic heterocycles. The van der Waals surface area contributed by atoms with E-state index in [0.717, 1.165) is 0 Å². The normalized spacial score (nSPS) is 59.2. The fraction of sp³-hybridized carbons (Fsp3) is 0.500. The summed E-state index contributed by atoms with van der Waals surface area (Å²) in [6, 6.07) is 0. The van der Waals surface area contributed by atoms with Crippen molar-refractivity contribution in [3.8, 4) is 0 Å². The molecule has 1 aliphatic carbocycles. The van der Waals surface area contributed by atoms with E-state index in [1.165, 1.54) is 0 Å². The number of hydrogen-bond donors (Lipinski definition) is 0. The molecule has 0 aromatic carbocycles. The highest BCUT2D eigenvalue weighted by Gasteiger charge is 2.76. The lowest BCUT2D eigenvalue weighted by atomic mass is 10.3. The standard InChI is InChI=1S/C8H6Br2O2S/c9-7-3-1-5-6(2-4-7)8(5,10)13(7,11)12/h1-6H/t5-,6-,7?,8?/m0/s1. The Balaban J connectivity index is 2.41. The van der Waals surface area contributed by atoms with Gasteiger partial charge in [-0.15, -0.1) is 0 Å². The van der Waals surface area contributed by atoms with Crippen LogP contribution in [0.15, 0.2) is 24.3 Å². The monoisotopic (exact) mass is 324 g/mol. The van der Waals surface area contributed by atoms with E-state index in [0.29, 0.717) is 0 Å². The van der Waals surface area contributed by atoms with Crippen molar-refractivity contribution in [2.75, 3.05) is 0 Å². The first-order valence-corrected chi connectivity index (χ1v) is 7.01. The third-order valence-electron chi connectivity index (χ3n) is 3.07.